The summed E-state index contributed by atoms with van der Waals surface area (Å²) in [7, 11) is -0.443. The Balaban J connectivity index is 1.56. The third-order valence-corrected chi connectivity index (χ3v) is 9.57. The van der Waals surface area contributed by atoms with E-state index >= 15 is 0 Å². The highest BCUT2D eigenvalue weighted by atomic mass is 35.5. The van der Waals surface area contributed by atoms with Crippen LogP contribution in [-0.2, 0) is 26.1 Å². The molecule has 0 radical (unpaired) electrons. The summed E-state index contributed by atoms with van der Waals surface area (Å²) in [5, 5.41) is 10.7. The van der Waals surface area contributed by atoms with Gasteiger partial charge in [-0.2, -0.15) is 4.72 Å². The van der Waals surface area contributed by atoms with E-state index in [0.717, 1.165) is 39.4 Å². The summed E-state index contributed by atoms with van der Waals surface area (Å²) in [6.45, 7) is 1.91. The minimum atomic E-state index is -4.05. The second kappa shape index (κ2) is 10.4. The normalized spacial score (nSPS) is 19.7. The van der Waals surface area contributed by atoms with Crippen LogP contribution < -0.4 is 4.72 Å². The number of rotatable bonds is 11. The van der Waals surface area contributed by atoms with Gasteiger partial charge in [-0.1, -0.05) is 48.0 Å². The van der Waals surface area contributed by atoms with Gasteiger partial charge in [0.15, 0.2) is 0 Å². The number of methoxy groups -OCH3 is 1. The summed E-state index contributed by atoms with van der Waals surface area (Å²) in [5.41, 5.74) is 1.07. The van der Waals surface area contributed by atoms with Crippen LogP contribution in [0.25, 0.3) is 10.4 Å². The van der Waals surface area contributed by atoms with E-state index in [1.807, 2.05) is 43.4 Å². The van der Waals surface area contributed by atoms with Gasteiger partial charge in [-0.05, 0) is 54.4 Å². The highest BCUT2D eigenvalue weighted by Crippen LogP contribution is 2.53. The minimum Gasteiger partial charge on any atom is -0.480 e. The number of halogens is 1. The standard InChI is InChI=1S/C25H27ClN2O5S2/c1-28(13-14-33-2)16-18-5-3-4-6-20(18)21-15-25(21,24(29)30)27-35(31,32)23-12-11-22(34-23)17-7-9-19(26)10-8-17/h3-12,21,27H,13-16H2,1-2H3,(H,29,30)/t21-,25?/m0/s1. The highest BCUT2D eigenvalue weighted by Gasteiger charge is 2.63. The Bertz CT molecular complexity index is 1310. The van der Waals surface area contributed by atoms with Crippen LogP contribution in [0.4, 0.5) is 0 Å². The smallest absolute Gasteiger partial charge is 0.325 e. The van der Waals surface area contributed by atoms with Crippen molar-refractivity contribution in [3.63, 3.8) is 0 Å². The van der Waals surface area contributed by atoms with Crippen molar-refractivity contribution in [1.82, 2.24) is 9.62 Å². The first-order valence-electron chi connectivity index (χ1n) is 11.0. The first-order valence-corrected chi connectivity index (χ1v) is 13.7. The monoisotopic (exact) mass is 534 g/mol. The molecule has 1 fully saturated rings. The fraction of sp³-hybridized carbons (Fsp3) is 0.320. The van der Waals surface area contributed by atoms with Crippen LogP contribution >= 0.6 is 22.9 Å². The number of carboxylic acids is 1. The number of likely N-dealkylation sites (N-methyl/N-ethyl adjacent to an activating group) is 1. The van der Waals surface area contributed by atoms with Crippen molar-refractivity contribution in [2.45, 2.75) is 28.6 Å². The summed E-state index contributed by atoms with van der Waals surface area (Å²) in [6.07, 6.45) is 0.190. The molecule has 1 saturated carbocycles. The predicted molar refractivity (Wildman–Crippen MR) is 137 cm³/mol. The van der Waals surface area contributed by atoms with Crippen molar-refractivity contribution < 1.29 is 23.1 Å². The maximum atomic E-state index is 13.2. The van der Waals surface area contributed by atoms with Gasteiger partial charge in [-0.15, -0.1) is 11.3 Å². The molecule has 0 spiro atoms. The summed E-state index contributed by atoms with van der Waals surface area (Å²) >= 11 is 7.04. The second-order valence-electron chi connectivity index (χ2n) is 8.69. The van der Waals surface area contributed by atoms with Gasteiger partial charge in [-0.3, -0.25) is 9.69 Å². The van der Waals surface area contributed by atoms with Crippen LogP contribution in [0, 0.1) is 0 Å². The summed E-state index contributed by atoms with van der Waals surface area (Å²) in [6, 6.07) is 17.9. The molecular formula is C25H27ClN2O5S2. The Labute approximate surface area is 214 Å². The van der Waals surface area contributed by atoms with E-state index in [2.05, 4.69) is 9.62 Å². The molecule has 10 heteroatoms. The van der Waals surface area contributed by atoms with Crippen molar-refractivity contribution in [3.05, 3.63) is 76.8 Å². The van der Waals surface area contributed by atoms with Crippen molar-refractivity contribution in [1.29, 1.82) is 0 Å². The molecule has 1 aliphatic rings. The maximum Gasteiger partial charge on any atom is 0.325 e. The summed E-state index contributed by atoms with van der Waals surface area (Å²) < 4.78 is 34.2. The molecular weight excluding hydrogens is 508 g/mol. The van der Waals surface area contributed by atoms with E-state index in [-0.39, 0.29) is 10.6 Å². The maximum absolute atomic E-state index is 13.2. The molecule has 0 saturated heterocycles. The molecule has 2 atom stereocenters. The number of nitrogens with one attached hydrogen (secondary N) is 1. The molecule has 0 bridgehead atoms. The van der Waals surface area contributed by atoms with E-state index in [4.69, 9.17) is 16.3 Å². The Morgan fingerprint density at radius 3 is 2.60 bits per heavy atom. The van der Waals surface area contributed by atoms with Crippen molar-refractivity contribution in [2.24, 2.45) is 0 Å². The van der Waals surface area contributed by atoms with E-state index in [1.54, 1.807) is 25.3 Å². The quantitative estimate of drug-likeness (QED) is 0.378. The lowest BCUT2D eigenvalue weighted by molar-refractivity contribution is -0.140. The van der Waals surface area contributed by atoms with Crippen LogP contribution in [0.5, 0.6) is 0 Å². The molecule has 35 heavy (non-hydrogen) atoms. The molecule has 186 valence electrons. The number of carbonyl (C=O) groups is 1. The fourth-order valence-corrected chi connectivity index (χ4v) is 7.03. The zero-order valence-corrected chi connectivity index (χ0v) is 21.8. The van der Waals surface area contributed by atoms with Crippen molar-refractivity contribution in [2.75, 3.05) is 27.3 Å². The van der Waals surface area contributed by atoms with Gasteiger partial charge >= 0.3 is 5.97 Å². The fourth-order valence-electron chi connectivity index (χ4n) is 4.19. The van der Waals surface area contributed by atoms with E-state index in [1.165, 1.54) is 6.07 Å². The average Bonchev–Trinajstić information content (AvgIpc) is 3.30. The zero-order chi connectivity index (χ0) is 25.2. The molecule has 0 amide bonds. The SMILES string of the molecule is COCCN(C)Cc1ccccc1[C@@H]1CC1(NS(=O)(=O)c1ccc(-c2ccc(Cl)cc2)s1)C(=O)O. The first kappa shape index (κ1) is 25.8. The number of aliphatic carboxylic acids is 1. The largest absolute Gasteiger partial charge is 0.480 e. The van der Waals surface area contributed by atoms with Gasteiger partial charge in [-0.25, -0.2) is 8.42 Å². The summed E-state index contributed by atoms with van der Waals surface area (Å²) in [5.74, 6) is -1.64. The lowest BCUT2D eigenvalue weighted by Crippen LogP contribution is -2.44. The van der Waals surface area contributed by atoms with Crippen molar-refractivity contribution >= 4 is 38.9 Å². The average molecular weight is 535 g/mol. The lowest BCUT2D eigenvalue weighted by atomic mass is 10.00. The number of ether oxygens (including phenoxy) is 1. The molecule has 4 rings (SSSR count). The van der Waals surface area contributed by atoms with Crippen LogP contribution in [0.15, 0.2) is 64.9 Å². The molecule has 3 aromatic rings. The van der Waals surface area contributed by atoms with Gasteiger partial charge in [0.25, 0.3) is 10.0 Å². The minimum absolute atomic E-state index is 0.0707. The van der Waals surface area contributed by atoms with Gasteiger partial charge in [0.05, 0.1) is 6.61 Å². The zero-order valence-electron chi connectivity index (χ0n) is 19.4. The predicted octanol–water partition coefficient (Wildman–Crippen LogP) is 4.44. The molecule has 2 N–H and O–H groups in total. The van der Waals surface area contributed by atoms with Gasteiger partial charge in [0, 0.05) is 36.0 Å². The van der Waals surface area contributed by atoms with Crippen LogP contribution in [0.3, 0.4) is 0 Å². The van der Waals surface area contributed by atoms with Gasteiger partial charge < -0.3 is 9.84 Å². The van der Waals surface area contributed by atoms with Crippen LogP contribution in [0.1, 0.15) is 23.5 Å². The number of carboxylic acid groups (broad SMARTS) is 1. The van der Waals surface area contributed by atoms with E-state index in [9.17, 15) is 18.3 Å². The topological polar surface area (TPSA) is 95.9 Å². The van der Waals surface area contributed by atoms with Crippen molar-refractivity contribution in [3.8, 4) is 10.4 Å². The number of thiophene rings is 1. The summed E-state index contributed by atoms with van der Waals surface area (Å²) in [4.78, 5) is 15.2. The molecule has 1 heterocycles. The number of nitrogens with zero attached hydrogens (tertiary/aromatic N) is 1. The molecule has 1 aliphatic carbocycles. The first-order chi connectivity index (χ1) is 16.7. The van der Waals surface area contributed by atoms with Gasteiger partial charge in [0.2, 0.25) is 0 Å². The van der Waals surface area contributed by atoms with E-state index in [0.29, 0.717) is 18.2 Å². The number of hydrogen-bond acceptors (Lipinski definition) is 6. The van der Waals surface area contributed by atoms with Gasteiger partial charge in [0.1, 0.15) is 9.75 Å². The molecule has 1 aromatic heterocycles. The van der Waals surface area contributed by atoms with Crippen LogP contribution in [-0.4, -0.2) is 57.2 Å². The van der Waals surface area contributed by atoms with E-state index < -0.39 is 27.4 Å². The Hall–Kier alpha value is -2.27. The molecule has 7 nitrogen and oxygen atoms in total. The lowest BCUT2D eigenvalue weighted by Gasteiger charge is -2.20. The number of hydrogen-bond donors (Lipinski definition) is 2. The molecule has 2 aromatic carbocycles. The third-order valence-electron chi connectivity index (χ3n) is 6.18. The third kappa shape index (κ3) is 5.61. The Morgan fingerprint density at radius 1 is 1.20 bits per heavy atom. The van der Waals surface area contributed by atoms with Crippen LogP contribution in [0.2, 0.25) is 5.02 Å². The number of benzene rings is 2. The highest BCUT2D eigenvalue weighted by molar-refractivity contribution is 7.91. The number of sulfonamides is 1. The molecule has 1 unspecified atom stereocenters. The Kier molecular flexibility index (Phi) is 7.65. The molecule has 0 aliphatic heterocycles. The Morgan fingerprint density at radius 2 is 1.91 bits per heavy atom. The second-order valence-corrected chi connectivity index (χ2v) is 12.1.